The summed E-state index contributed by atoms with van der Waals surface area (Å²) in [7, 11) is 1.22. The second-order valence-corrected chi connectivity index (χ2v) is 20.3. The highest BCUT2D eigenvalue weighted by Crippen LogP contribution is 2.38. The molecule has 0 aliphatic rings. The van der Waals surface area contributed by atoms with Crippen LogP contribution in [0, 0.1) is 0 Å². The Labute approximate surface area is 390 Å². The first-order chi connectivity index (χ1) is 30.5. The molecule has 0 aliphatic carbocycles. The molecule has 0 aromatic heterocycles. The topological polar surface area (TPSA) is 108 Å². The Morgan fingerprint density at radius 3 is 1.44 bits per heavy atom. The first-order valence-corrected chi connectivity index (χ1v) is 27.6. The lowest BCUT2D eigenvalue weighted by Crippen LogP contribution is -2.45. The predicted molar refractivity (Wildman–Crippen MR) is 270 cm³/mol. The Balaban J connectivity index is 4.28. The van der Waals surface area contributed by atoms with Gasteiger partial charge in [-0.05, 0) is 70.6 Å². The number of aliphatic hydroxyl groups excluding tert-OH is 1. The van der Waals surface area contributed by atoms with Gasteiger partial charge in [-0.3, -0.25) is 9.36 Å². The summed E-state index contributed by atoms with van der Waals surface area (Å²) in [6.45, 7) is 4.54. The van der Waals surface area contributed by atoms with E-state index < -0.39 is 26.6 Å². The van der Waals surface area contributed by atoms with Crippen molar-refractivity contribution in [2.24, 2.45) is 0 Å². The Kier molecular flexibility index (Phi) is 44.1. The van der Waals surface area contributed by atoms with Crippen LogP contribution in [0.5, 0.6) is 0 Å². The summed E-state index contributed by atoms with van der Waals surface area (Å²) in [6, 6.07) is -0.919. The molecule has 0 spiro atoms. The van der Waals surface area contributed by atoms with E-state index in [0.29, 0.717) is 17.4 Å². The Morgan fingerprint density at radius 2 is 0.968 bits per heavy atom. The van der Waals surface area contributed by atoms with Crippen LogP contribution in [0.2, 0.25) is 0 Å². The minimum Gasteiger partial charge on any atom is -0.756 e. The largest absolute Gasteiger partial charge is 0.756 e. The molecule has 0 bridgehead atoms. The van der Waals surface area contributed by atoms with E-state index in [9.17, 15) is 19.4 Å². The molecule has 368 valence electrons. The zero-order chi connectivity index (χ0) is 46.4. The lowest BCUT2D eigenvalue weighted by Gasteiger charge is -2.29. The van der Waals surface area contributed by atoms with Gasteiger partial charge in [0.15, 0.2) is 0 Å². The summed E-state index contributed by atoms with van der Waals surface area (Å²) in [5.41, 5.74) is 0. The molecule has 2 N–H and O–H groups in total. The van der Waals surface area contributed by atoms with Crippen LogP contribution < -0.4 is 10.2 Å². The molecule has 0 fully saturated rings. The SMILES string of the molecule is CCC/C=C\C/C=C\CCCCCCCC(=O)NC(COP(=O)([O-])OCC[N+](C)(C)C)C(O)/C=C/CC/C=C/CC/C=C/CCCCCCCCCCCCCCCCCCCC. The number of carbonyl (C=O) groups is 1. The van der Waals surface area contributed by atoms with Crippen molar-refractivity contribution < 1.29 is 32.9 Å². The summed E-state index contributed by atoms with van der Waals surface area (Å²) in [6.07, 6.45) is 60.2. The van der Waals surface area contributed by atoms with Gasteiger partial charge in [0.05, 0.1) is 39.9 Å². The van der Waals surface area contributed by atoms with Gasteiger partial charge in [0.2, 0.25) is 5.91 Å². The molecule has 1 amide bonds. The van der Waals surface area contributed by atoms with Gasteiger partial charge in [0.1, 0.15) is 13.2 Å². The maximum Gasteiger partial charge on any atom is 0.268 e. The molecule has 9 heteroatoms. The minimum atomic E-state index is -4.61. The normalized spacial score (nSPS) is 14.6. The Hall–Kier alpha value is -1.80. The molecule has 3 unspecified atom stereocenters. The number of hydrogen-bond donors (Lipinski definition) is 2. The number of phosphoric acid groups is 1. The van der Waals surface area contributed by atoms with E-state index in [4.69, 9.17) is 9.05 Å². The van der Waals surface area contributed by atoms with Gasteiger partial charge >= 0.3 is 0 Å². The van der Waals surface area contributed by atoms with Crippen LogP contribution in [0.1, 0.15) is 226 Å². The molecule has 0 aromatic rings. The number of amides is 1. The van der Waals surface area contributed by atoms with Crippen LogP contribution >= 0.6 is 7.82 Å². The number of quaternary nitrogens is 1. The van der Waals surface area contributed by atoms with Crippen LogP contribution in [-0.2, 0) is 18.4 Å². The van der Waals surface area contributed by atoms with Gasteiger partial charge in [-0.25, -0.2) is 0 Å². The van der Waals surface area contributed by atoms with Gasteiger partial charge in [-0.2, -0.15) is 0 Å². The maximum absolute atomic E-state index is 12.9. The average Bonchev–Trinajstić information content (AvgIpc) is 3.24. The number of allylic oxidation sites excluding steroid dienone is 9. The second-order valence-electron chi connectivity index (χ2n) is 18.9. The maximum atomic E-state index is 12.9. The quantitative estimate of drug-likeness (QED) is 0.0273. The van der Waals surface area contributed by atoms with Crippen molar-refractivity contribution in [1.29, 1.82) is 0 Å². The molecule has 3 atom stereocenters. The fourth-order valence-electron chi connectivity index (χ4n) is 7.28. The molecular formula is C54H101N2O6P. The summed E-state index contributed by atoms with van der Waals surface area (Å²) in [5, 5.41) is 13.8. The number of rotatable bonds is 47. The van der Waals surface area contributed by atoms with E-state index in [1.54, 1.807) is 6.08 Å². The van der Waals surface area contributed by atoms with Crippen molar-refractivity contribution in [3.63, 3.8) is 0 Å². The fourth-order valence-corrected chi connectivity index (χ4v) is 8.00. The number of aliphatic hydroxyl groups is 1. The van der Waals surface area contributed by atoms with E-state index in [0.717, 1.165) is 77.0 Å². The van der Waals surface area contributed by atoms with Crippen molar-refractivity contribution in [3.05, 3.63) is 60.8 Å². The summed E-state index contributed by atoms with van der Waals surface area (Å²) >= 11 is 0. The number of hydrogen-bond acceptors (Lipinski definition) is 6. The van der Waals surface area contributed by atoms with Crippen LogP contribution in [0.25, 0.3) is 0 Å². The van der Waals surface area contributed by atoms with E-state index in [1.807, 2.05) is 27.2 Å². The minimum absolute atomic E-state index is 0.0140. The second kappa shape index (κ2) is 45.4. The first kappa shape index (κ1) is 61.2. The Morgan fingerprint density at radius 1 is 0.556 bits per heavy atom. The van der Waals surface area contributed by atoms with Crippen molar-refractivity contribution in [2.45, 2.75) is 238 Å². The first-order valence-electron chi connectivity index (χ1n) is 26.2. The Bertz CT molecular complexity index is 1210. The van der Waals surface area contributed by atoms with Crippen molar-refractivity contribution in [2.75, 3.05) is 40.9 Å². The van der Waals surface area contributed by atoms with E-state index in [2.05, 4.69) is 67.8 Å². The summed E-state index contributed by atoms with van der Waals surface area (Å²) in [5.74, 6) is -0.228. The zero-order valence-electron chi connectivity index (χ0n) is 41.8. The van der Waals surface area contributed by atoms with Gasteiger partial charge < -0.3 is 28.8 Å². The van der Waals surface area contributed by atoms with Gasteiger partial charge in [0.25, 0.3) is 7.82 Å². The van der Waals surface area contributed by atoms with Crippen molar-refractivity contribution >= 4 is 13.7 Å². The number of likely N-dealkylation sites (N-methyl/N-ethyl adjacent to an activating group) is 1. The molecule has 0 aliphatic heterocycles. The van der Waals surface area contributed by atoms with Crippen molar-refractivity contribution in [1.82, 2.24) is 5.32 Å². The smallest absolute Gasteiger partial charge is 0.268 e. The highest BCUT2D eigenvalue weighted by molar-refractivity contribution is 7.45. The number of nitrogens with one attached hydrogen (secondary N) is 1. The molecule has 0 radical (unpaired) electrons. The standard InChI is InChI=1S/C54H101N2O6P/c1-6-8-10-12-14-16-18-20-21-22-23-24-25-26-27-28-29-30-31-32-33-34-36-37-39-41-43-45-47-53(57)52(51-62-63(59,60)61-50-49-56(3,4)5)55-54(58)48-46-44-42-40-38-35-19-17-15-13-11-9-7-2/h11,13,17,19,32-33,37,39,45,47,52-53,57H,6-10,12,14-16,18,20-31,34-36,38,40-44,46,48-51H2,1-5H3,(H-,55,58,59,60)/b13-11-,19-17-,33-32+,39-37+,47-45+. The molecule has 63 heavy (non-hydrogen) atoms. The van der Waals surface area contributed by atoms with Gasteiger partial charge in [0, 0.05) is 6.42 Å². The molecule has 0 rings (SSSR count). The predicted octanol–water partition coefficient (Wildman–Crippen LogP) is 14.7. The van der Waals surface area contributed by atoms with Crippen LogP contribution in [0.4, 0.5) is 0 Å². The molecule has 0 heterocycles. The molecular weight excluding hydrogens is 804 g/mol. The molecule has 0 saturated heterocycles. The van der Waals surface area contributed by atoms with E-state index in [1.165, 1.54) is 128 Å². The summed E-state index contributed by atoms with van der Waals surface area (Å²) in [4.78, 5) is 25.3. The fraction of sp³-hybridized carbons (Fsp3) is 0.796. The third-order valence-corrected chi connectivity index (χ3v) is 12.4. The average molecular weight is 905 g/mol. The third kappa shape index (κ3) is 48.0. The molecule has 8 nitrogen and oxygen atoms in total. The highest BCUT2D eigenvalue weighted by Gasteiger charge is 2.23. The number of carbonyl (C=O) groups excluding carboxylic acids is 1. The lowest BCUT2D eigenvalue weighted by atomic mass is 10.0. The van der Waals surface area contributed by atoms with E-state index >= 15 is 0 Å². The zero-order valence-corrected chi connectivity index (χ0v) is 42.7. The number of unbranched alkanes of at least 4 members (excludes halogenated alkanes) is 26. The van der Waals surface area contributed by atoms with Crippen LogP contribution in [0.15, 0.2) is 60.8 Å². The monoisotopic (exact) mass is 905 g/mol. The van der Waals surface area contributed by atoms with E-state index in [-0.39, 0.29) is 12.5 Å². The molecule has 0 saturated carbocycles. The van der Waals surface area contributed by atoms with Crippen LogP contribution in [0.3, 0.4) is 0 Å². The summed E-state index contributed by atoms with van der Waals surface area (Å²) < 4.78 is 23.2. The van der Waals surface area contributed by atoms with Crippen LogP contribution in [-0.4, -0.2) is 68.5 Å². The number of phosphoric ester groups is 1. The molecule has 0 aromatic carbocycles. The van der Waals surface area contributed by atoms with Gasteiger partial charge in [-0.15, -0.1) is 0 Å². The number of nitrogens with zero attached hydrogens (tertiary/aromatic N) is 1. The lowest BCUT2D eigenvalue weighted by molar-refractivity contribution is -0.870. The van der Waals surface area contributed by atoms with Gasteiger partial charge in [-0.1, -0.05) is 209 Å². The third-order valence-electron chi connectivity index (χ3n) is 11.4. The van der Waals surface area contributed by atoms with Crippen molar-refractivity contribution in [3.8, 4) is 0 Å². The highest BCUT2D eigenvalue weighted by atomic mass is 31.2.